The van der Waals surface area contributed by atoms with Crippen LogP contribution in [0, 0.1) is 11.8 Å². The fourth-order valence-corrected chi connectivity index (χ4v) is 3.22. The van der Waals surface area contributed by atoms with Crippen LogP contribution in [0.2, 0.25) is 0 Å². The molecule has 0 spiro atoms. The van der Waals surface area contributed by atoms with E-state index in [1.54, 1.807) is 0 Å². The highest BCUT2D eigenvalue weighted by molar-refractivity contribution is 8.00. The van der Waals surface area contributed by atoms with Crippen LogP contribution in [0.1, 0.15) is 12.8 Å². The van der Waals surface area contributed by atoms with Crippen molar-refractivity contribution >= 4 is 30.1 Å². The number of carbonyl (C=O) groups excluding carboxylic acids is 1. The third-order valence-corrected chi connectivity index (χ3v) is 4.34. The van der Waals surface area contributed by atoms with Crippen molar-refractivity contribution in [1.82, 2.24) is 4.90 Å². The molecular formula is C10H16ClF3N2OS. The lowest BCUT2D eigenvalue weighted by molar-refractivity contribution is -0.127. The Balaban J connectivity index is 0.00000162. The quantitative estimate of drug-likeness (QED) is 0.847. The second-order valence-electron chi connectivity index (χ2n) is 4.70. The number of thioether (sulfide) groups is 1. The third kappa shape index (κ3) is 3.68. The number of nitrogens with zero attached hydrogens (tertiary/aromatic N) is 1. The summed E-state index contributed by atoms with van der Waals surface area (Å²) in [4.78, 5) is 13.1. The molecule has 8 heteroatoms. The van der Waals surface area contributed by atoms with E-state index in [1.807, 2.05) is 0 Å². The van der Waals surface area contributed by atoms with Gasteiger partial charge in [0.1, 0.15) is 0 Å². The van der Waals surface area contributed by atoms with Gasteiger partial charge in [0.05, 0.1) is 5.75 Å². The van der Waals surface area contributed by atoms with Crippen molar-refractivity contribution in [2.24, 2.45) is 17.6 Å². The van der Waals surface area contributed by atoms with Crippen LogP contribution in [0.25, 0.3) is 0 Å². The number of alkyl halides is 3. The molecule has 0 aromatic carbocycles. The highest BCUT2D eigenvalue weighted by atomic mass is 35.5. The van der Waals surface area contributed by atoms with Crippen LogP contribution in [0.3, 0.4) is 0 Å². The minimum atomic E-state index is -4.33. The molecule has 3 nitrogen and oxygen atoms in total. The van der Waals surface area contributed by atoms with Gasteiger partial charge in [0.25, 0.3) is 0 Å². The second-order valence-corrected chi connectivity index (χ2v) is 5.74. The van der Waals surface area contributed by atoms with E-state index < -0.39 is 17.2 Å². The molecule has 3 unspecified atom stereocenters. The van der Waals surface area contributed by atoms with Crippen molar-refractivity contribution in [2.45, 2.75) is 24.4 Å². The standard InChI is InChI=1S/C10H15F3N2OS.ClH/c11-10(12,13)17-5-9(16)15-3-6-1-2-8(14)7(6)4-15;/h6-8H,1-5,14H2;1H. The first-order valence-electron chi connectivity index (χ1n) is 5.61. The SMILES string of the molecule is Cl.NC1CCC2CN(C(=O)CSC(F)(F)F)CC12. The third-order valence-electron chi connectivity index (χ3n) is 3.62. The molecule has 2 N–H and O–H groups in total. The first-order chi connectivity index (χ1) is 7.87. The van der Waals surface area contributed by atoms with Crippen LogP contribution in [0.4, 0.5) is 13.2 Å². The van der Waals surface area contributed by atoms with Crippen LogP contribution in [-0.2, 0) is 4.79 Å². The zero-order valence-electron chi connectivity index (χ0n) is 9.65. The molecule has 2 aliphatic rings. The molecule has 1 heterocycles. The van der Waals surface area contributed by atoms with Crippen molar-refractivity contribution in [3.8, 4) is 0 Å². The van der Waals surface area contributed by atoms with E-state index in [1.165, 1.54) is 4.90 Å². The molecule has 1 aliphatic carbocycles. The molecule has 106 valence electrons. The molecule has 0 aromatic heterocycles. The molecule has 1 saturated heterocycles. The minimum Gasteiger partial charge on any atom is -0.341 e. The van der Waals surface area contributed by atoms with Crippen molar-refractivity contribution in [1.29, 1.82) is 0 Å². The highest BCUT2D eigenvalue weighted by Crippen LogP contribution is 2.38. The number of rotatable bonds is 2. The summed E-state index contributed by atoms with van der Waals surface area (Å²) in [6, 6.07) is 0.105. The van der Waals surface area contributed by atoms with Gasteiger partial charge in [-0.25, -0.2) is 0 Å². The zero-order chi connectivity index (χ0) is 12.6. The lowest BCUT2D eigenvalue weighted by atomic mass is 9.98. The molecule has 3 atom stereocenters. The Morgan fingerprint density at radius 1 is 1.33 bits per heavy atom. The summed E-state index contributed by atoms with van der Waals surface area (Å²) in [7, 11) is 0. The fraction of sp³-hybridized carbons (Fsp3) is 0.900. The van der Waals surface area contributed by atoms with Gasteiger partial charge in [-0.3, -0.25) is 4.79 Å². The van der Waals surface area contributed by atoms with E-state index in [9.17, 15) is 18.0 Å². The maximum atomic E-state index is 12.0. The number of likely N-dealkylation sites (tertiary alicyclic amines) is 1. The Morgan fingerprint density at radius 2 is 2.00 bits per heavy atom. The number of hydrogen-bond donors (Lipinski definition) is 1. The smallest absolute Gasteiger partial charge is 0.341 e. The van der Waals surface area contributed by atoms with Crippen LogP contribution in [-0.4, -0.2) is 41.2 Å². The number of carbonyl (C=O) groups is 1. The fourth-order valence-electron chi connectivity index (χ4n) is 2.75. The monoisotopic (exact) mass is 304 g/mol. The summed E-state index contributed by atoms with van der Waals surface area (Å²) >= 11 is -0.265. The van der Waals surface area contributed by atoms with E-state index in [2.05, 4.69) is 0 Å². The maximum Gasteiger partial charge on any atom is 0.442 e. The van der Waals surface area contributed by atoms with Crippen LogP contribution < -0.4 is 5.73 Å². The van der Waals surface area contributed by atoms with Crippen molar-refractivity contribution < 1.29 is 18.0 Å². The molecule has 0 bridgehead atoms. The summed E-state index contributed by atoms with van der Waals surface area (Å²) in [6.07, 6.45) is 1.96. The predicted octanol–water partition coefficient (Wildman–Crippen LogP) is 1.86. The summed E-state index contributed by atoms with van der Waals surface area (Å²) in [5.74, 6) is -0.258. The number of halogens is 4. The zero-order valence-corrected chi connectivity index (χ0v) is 11.3. The number of nitrogens with two attached hydrogens (primary N) is 1. The van der Waals surface area contributed by atoms with Crippen LogP contribution >= 0.6 is 24.2 Å². The van der Waals surface area contributed by atoms with Gasteiger partial charge in [0, 0.05) is 19.1 Å². The van der Waals surface area contributed by atoms with E-state index in [-0.39, 0.29) is 36.1 Å². The maximum absolute atomic E-state index is 12.0. The summed E-state index contributed by atoms with van der Waals surface area (Å²) in [6.45, 7) is 1.11. The molecule has 0 radical (unpaired) electrons. The lowest BCUT2D eigenvalue weighted by Gasteiger charge is -2.18. The lowest BCUT2D eigenvalue weighted by Crippen LogP contribution is -2.34. The van der Waals surface area contributed by atoms with E-state index in [0.717, 1.165) is 12.8 Å². The first-order valence-corrected chi connectivity index (χ1v) is 6.59. The molecule has 1 saturated carbocycles. The Hall–Kier alpha value is -0.140. The van der Waals surface area contributed by atoms with Gasteiger partial charge in [0.15, 0.2) is 0 Å². The Bertz CT molecular complexity index is 316. The van der Waals surface area contributed by atoms with Gasteiger partial charge in [-0.2, -0.15) is 13.2 Å². The minimum absolute atomic E-state index is 0. The number of hydrogen-bond acceptors (Lipinski definition) is 3. The largest absolute Gasteiger partial charge is 0.442 e. The normalized spacial score (nSPS) is 31.1. The van der Waals surface area contributed by atoms with Crippen molar-refractivity contribution in [2.75, 3.05) is 18.8 Å². The van der Waals surface area contributed by atoms with E-state index in [0.29, 0.717) is 19.0 Å². The average Bonchev–Trinajstić information content (AvgIpc) is 2.77. The summed E-state index contributed by atoms with van der Waals surface area (Å²) in [5.41, 5.74) is 1.57. The molecule has 1 aliphatic heterocycles. The molecule has 18 heavy (non-hydrogen) atoms. The van der Waals surface area contributed by atoms with Gasteiger partial charge in [-0.15, -0.1) is 12.4 Å². The van der Waals surface area contributed by atoms with Crippen LogP contribution in [0.15, 0.2) is 0 Å². The van der Waals surface area contributed by atoms with Gasteiger partial charge >= 0.3 is 5.51 Å². The van der Waals surface area contributed by atoms with Gasteiger partial charge in [0.2, 0.25) is 5.91 Å². The Labute approximate surface area is 114 Å². The van der Waals surface area contributed by atoms with E-state index >= 15 is 0 Å². The Kier molecular flexibility index (Phi) is 5.20. The molecule has 2 fully saturated rings. The summed E-state index contributed by atoms with van der Waals surface area (Å²) in [5, 5.41) is 0. The predicted molar refractivity (Wildman–Crippen MR) is 66.5 cm³/mol. The van der Waals surface area contributed by atoms with Crippen molar-refractivity contribution in [3.63, 3.8) is 0 Å². The van der Waals surface area contributed by atoms with Gasteiger partial charge in [-0.1, -0.05) is 0 Å². The topological polar surface area (TPSA) is 46.3 Å². The van der Waals surface area contributed by atoms with E-state index in [4.69, 9.17) is 5.73 Å². The van der Waals surface area contributed by atoms with Gasteiger partial charge < -0.3 is 10.6 Å². The average molecular weight is 305 g/mol. The van der Waals surface area contributed by atoms with Crippen LogP contribution in [0.5, 0.6) is 0 Å². The van der Waals surface area contributed by atoms with Crippen molar-refractivity contribution in [3.05, 3.63) is 0 Å². The highest BCUT2D eigenvalue weighted by Gasteiger charge is 2.42. The molecular weight excluding hydrogens is 289 g/mol. The molecule has 2 rings (SSSR count). The number of amides is 1. The molecule has 1 amide bonds. The first kappa shape index (κ1) is 15.9. The summed E-state index contributed by atoms with van der Waals surface area (Å²) < 4.78 is 35.9. The molecule has 0 aromatic rings. The number of fused-ring (bicyclic) bond motifs is 1. The second kappa shape index (κ2) is 5.88. The van der Waals surface area contributed by atoms with Gasteiger partial charge in [-0.05, 0) is 36.4 Å². The Morgan fingerprint density at radius 3 is 2.56 bits per heavy atom.